The summed E-state index contributed by atoms with van der Waals surface area (Å²) in [5.74, 6) is 0. The van der Waals surface area contributed by atoms with Crippen LogP contribution in [0.3, 0.4) is 0 Å². The Morgan fingerprint density at radius 1 is 1.40 bits per heavy atom. The van der Waals surface area contributed by atoms with Crippen LogP contribution in [0.5, 0.6) is 0 Å². The molecule has 1 aromatic rings. The van der Waals surface area contributed by atoms with Gasteiger partial charge in [0, 0.05) is 18.4 Å². The van der Waals surface area contributed by atoms with Gasteiger partial charge in [0.05, 0.1) is 6.61 Å². The molecule has 0 heterocycles. The van der Waals surface area contributed by atoms with Gasteiger partial charge >= 0.3 is 6.09 Å². The van der Waals surface area contributed by atoms with E-state index in [0.29, 0.717) is 19.2 Å². The molecule has 0 saturated heterocycles. The summed E-state index contributed by atoms with van der Waals surface area (Å²) < 4.78 is 18.1. The molecule has 0 aliphatic carbocycles. The molecule has 2 N–H and O–H groups in total. The Balaban J connectivity index is 2.61. The molecule has 5 nitrogen and oxygen atoms in total. The molecule has 0 fully saturated rings. The van der Waals surface area contributed by atoms with Gasteiger partial charge < -0.3 is 14.9 Å². The Morgan fingerprint density at radius 3 is 2.60 bits per heavy atom. The van der Waals surface area contributed by atoms with Crippen molar-refractivity contribution >= 4 is 13.5 Å². The van der Waals surface area contributed by atoms with Gasteiger partial charge in [-0.05, 0) is 25.8 Å². The minimum atomic E-state index is -2.82. The summed E-state index contributed by atoms with van der Waals surface area (Å²) in [7, 11) is -2.82. The normalized spacial score (nSPS) is 15.3. The summed E-state index contributed by atoms with van der Waals surface area (Å²) in [6.07, 6.45) is 0.206. The predicted octanol–water partition coefficient (Wildman–Crippen LogP) is 3.20. The van der Waals surface area contributed by atoms with Gasteiger partial charge in [-0.25, -0.2) is 4.79 Å². The second-order valence-electron chi connectivity index (χ2n) is 4.72. The molecule has 0 aliphatic rings. The number of carbonyl (C=O) groups is 1. The van der Waals surface area contributed by atoms with E-state index < -0.39 is 13.5 Å². The molecule has 1 amide bonds. The van der Waals surface area contributed by atoms with E-state index in [1.54, 1.807) is 13.8 Å². The van der Waals surface area contributed by atoms with E-state index in [2.05, 4.69) is 5.32 Å². The van der Waals surface area contributed by atoms with Crippen molar-refractivity contribution in [2.75, 3.05) is 18.9 Å². The van der Waals surface area contributed by atoms with Crippen LogP contribution >= 0.6 is 7.37 Å². The van der Waals surface area contributed by atoms with Crippen molar-refractivity contribution in [3.8, 4) is 0 Å². The van der Waals surface area contributed by atoms with Crippen LogP contribution in [0.2, 0.25) is 0 Å². The number of nitrogens with one attached hydrogen (secondary N) is 1. The molecule has 0 spiro atoms. The lowest BCUT2D eigenvalue weighted by Crippen LogP contribution is -2.34. The van der Waals surface area contributed by atoms with E-state index in [1.807, 2.05) is 30.3 Å². The minimum absolute atomic E-state index is 0.222. The van der Waals surface area contributed by atoms with Crippen LogP contribution in [0.15, 0.2) is 30.3 Å². The summed E-state index contributed by atoms with van der Waals surface area (Å²) in [6.45, 7) is 3.86. The van der Waals surface area contributed by atoms with Gasteiger partial charge in [0.2, 0.25) is 7.37 Å². The zero-order valence-electron chi connectivity index (χ0n) is 11.9. The van der Waals surface area contributed by atoms with Crippen molar-refractivity contribution < 1.29 is 19.0 Å². The number of aryl methyl sites for hydroxylation is 1. The van der Waals surface area contributed by atoms with Crippen molar-refractivity contribution in [2.45, 2.75) is 26.3 Å². The molecular weight excluding hydrogens is 277 g/mol. The van der Waals surface area contributed by atoms with Crippen LogP contribution in [-0.4, -0.2) is 36.2 Å². The zero-order valence-corrected chi connectivity index (χ0v) is 12.8. The van der Waals surface area contributed by atoms with E-state index in [9.17, 15) is 9.36 Å². The zero-order chi connectivity index (χ0) is 15.0. The number of hydrogen-bond donors (Lipinski definition) is 2. The molecular formula is C14H22NO4P. The second kappa shape index (κ2) is 8.08. The highest BCUT2D eigenvalue weighted by Crippen LogP contribution is 2.47. The predicted molar refractivity (Wildman–Crippen MR) is 79.7 cm³/mol. The molecule has 0 radical (unpaired) electrons. The van der Waals surface area contributed by atoms with E-state index in [-0.39, 0.29) is 12.2 Å². The monoisotopic (exact) mass is 299 g/mol. The third kappa shape index (κ3) is 6.22. The molecule has 112 valence electrons. The highest BCUT2D eigenvalue weighted by atomic mass is 31.2. The van der Waals surface area contributed by atoms with Gasteiger partial charge in [0.25, 0.3) is 0 Å². The highest BCUT2D eigenvalue weighted by Gasteiger charge is 2.26. The largest absolute Gasteiger partial charge is 0.465 e. The highest BCUT2D eigenvalue weighted by molar-refractivity contribution is 7.59. The maximum absolute atomic E-state index is 12.7. The van der Waals surface area contributed by atoms with Gasteiger partial charge in [-0.1, -0.05) is 30.3 Å². The first kappa shape index (κ1) is 16.7. The number of benzene rings is 1. The van der Waals surface area contributed by atoms with E-state index >= 15 is 0 Å². The van der Waals surface area contributed by atoms with Crippen LogP contribution in [0, 0.1) is 0 Å². The van der Waals surface area contributed by atoms with Crippen molar-refractivity contribution in [3.05, 3.63) is 35.9 Å². The van der Waals surface area contributed by atoms with Gasteiger partial charge in [-0.2, -0.15) is 0 Å². The molecule has 6 heteroatoms. The minimum Gasteiger partial charge on any atom is -0.465 e. The van der Waals surface area contributed by atoms with Crippen LogP contribution in [0.1, 0.15) is 19.4 Å². The third-order valence-corrected chi connectivity index (χ3v) is 5.61. The van der Waals surface area contributed by atoms with Crippen molar-refractivity contribution in [2.24, 2.45) is 0 Å². The number of rotatable bonds is 8. The molecule has 1 rings (SSSR count). The van der Waals surface area contributed by atoms with Crippen LogP contribution in [0.25, 0.3) is 0 Å². The van der Waals surface area contributed by atoms with Crippen LogP contribution in [-0.2, 0) is 15.5 Å². The fraction of sp³-hybridized carbons (Fsp3) is 0.500. The van der Waals surface area contributed by atoms with Crippen molar-refractivity contribution in [1.82, 2.24) is 5.32 Å². The fourth-order valence-electron chi connectivity index (χ4n) is 2.06. The first-order chi connectivity index (χ1) is 9.45. The Kier molecular flexibility index (Phi) is 6.76. The first-order valence-electron chi connectivity index (χ1n) is 6.71. The molecule has 0 aromatic heterocycles. The SMILES string of the molecule is CCOP(=O)(CCc1ccccc1)CC(C)NC(=O)O. The smallest absolute Gasteiger partial charge is 0.404 e. The van der Waals surface area contributed by atoms with E-state index in [4.69, 9.17) is 9.63 Å². The average Bonchev–Trinajstić information content (AvgIpc) is 2.37. The Labute approximate surface area is 119 Å². The summed E-state index contributed by atoms with van der Waals surface area (Å²) in [6, 6.07) is 9.39. The standard InChI is InChI=1S/C14H22NO4P/c1-3-19-20(18,11-12(2)15-14(16)17)10-9-13-7-5-4-6-8-13/h4-8,12,15H,3,9-11H2,1-2H3,(H,16,17). The Morgan fingerprint density at radius 2 is 2.05 bits per heavy atom. The van der Waals surface area contributed by atoms with Crippen LogP contribution < -0.4 is 5.32 Å². The van der Waals surface area contributed by atoms with Crippen LogP contribution in [0.4, 0.5) is 4.79 Å². The van der Waals surface area contributed by atoms with Gasteiger partial charge in [-0.3, -0.25) is 4.57 Å². The van der Waals surface area contributed by atoms with Crippen molar-refractivity contribution in [1.29, 1.82) is 0 Å². The summed E-state index contributed by atoms with van der Waals surface area (Å²) in [5.41, 5.74) is 1.10. The molecule has 20 heavy (non-hydrogen) atoms. The van der Waals surface area contributed by atoms with Crippen molar-refractivity contribution in [3.63, 3.8) is 0 Å². The Hall–Kier alpha value is -1.32. The third-order valence-electron chi connectivity index (χ3n) is 2.87. The quantitative estimate of drug-likeness (QED) is 0.723. The second-order valence-corrected chi connectivity index (χ2v) is 7.42. The lowest BCUT2D eigenvalue weighted by Gasteiger charge is -2.21. The van der Waals surface area contributed by atoms with Gasteiger partial charge in [0.15, 0.2) is 0 Å². The van der Waals surface area contributed by atoms with Gasteiger partial charge in [-0.15, -0.1) is 0 Å². The maximum Gasteiger partial charge on any atom is 0.404 e. The molecule has 0 aliphatic heterocycles. The lowest BCUT2D eigenvalue weighted by molar-refractivity contribution is 0.191. The number of hydrogen-bond acceptors (Lipinski definition) is 3. The van der Waals surface area contributed by atoms with E-state index in [0.717, 1.165) is 5.56 Å². The summed E-state index contributed by atoms with van der Waals surface area (Å²) >= 11 is 0. The Bertz CT molecular complexity index is 464. The summed E-state index contributed by atoms with van der Waals surface area (Å²) in [4.78, 5) is 10.6. The van der Waals surface area contributed by atoms with E-state index in [1.165, 1.54) is 0 Å². The lowest BCUT2D eigenvalue weighted by atomic mass is 10.2. The molecule has 2 atom stereocenters. The maximum atomic E-state index is 12.7. The number of carboxylic acid groups (broad SMARTS) is 1. The molecule has 0 saturated carbocycles. The average molecular weight is 299 g/mol. The molecule has 2 unspecified atom stereocenters. The first-order valence-corrected chi connectivity index (χ1v) is 8.70. The molecule has 1 aromatic carbocycles. The fourth-order valence-corrected chi connectivity index (χ4v) is 4.47. The number of amides is 1. The topological polar surface area (TPSA) is 75.6 Å². The molecule has 0 bridgehead atoms. The van der Waals surface area contributed by atoms with Gasteiger partial charge in [0.1, 0.15) is 0 Å². The summed E-state index contributed by atoms with van der Waals surface area (Å²) in [5, 5.41) is 11.0.